The van der Waals surface area contributed by atoms with Crippen LogP contribution in [0.5, 0.6) is 0 Å². The van der Waals surface area contributed by atoms with Crippen molar-refractivity contribution < 1.29 is 13.2 Å². The molecular formula is C23H29NO3S. The van der Waals surface area contributed by atoms with Crippen LogP contribution in [0.3, 0.4) is 0 Å². The number of carbonyl (C=O) groups excluding carboxylic acids is 1. The summed E-state index contributed by atoms with van der Waals surface area (Å²) in [6, 6.07) is 14.7. The third kappa shape index (κ3) is 5.55. The number of likely N-dealkylation sites (N-methyl/N-ethyl adjacent to an activating group) is 1. The predicted octanol–water partition coefficient (Wildman–Crippen LogP) is 4.62. The van der Waals surface area contributed by atoms with E-state index in [4.69, 9.17) is 0 Å². The molecule has 0 bridgehead atoms. The number of amides is 1. The molecule has 0 spiro atoms. The molecule has 0 aromatic heterocycles. The second-order valence-electron chi connectivity index (χ2n) is 8.17. The second kappa shape index (κ2) is 8.31. The van der Waals surface area contributed by atoms with Crippen LogP contribution in [-0.4, -0.2) is 32.5 Å². The molecule has 5 heteroatoms. The minimum absolute atomic E-state index is 0.0976. The number of nitrogens with zero attached hydrogens (tertiary/aromatic N) is 1. The lowest BCUT2D eigenvalue weighted by molar-refractivity contribution is -0.126. The molecule has 0 aliphatic rings. The summed E-state index contributed by atoms with van der Waals surface area (Å²) >= 11 is 0. The van der Waals surface area contributed by atoms with Crippen molar-refractivity contribution in [2.75, 3.05) is 13.3 Å². The Bertz CT molecular complexity index is 950. The van der Waals surface area contributed by atoms with E-state index >= 15 is 0 Å². The minimum atomic E-state index is -3.23. The van der Waals surface area contributed by atoms with Gasteiger partial charge in [0.15, 0.2) is 9.84 Å². The second-order valence-corrected chi connectivity index (χ2v) is 10.2. The third-order valence-electron chi connectivity index (χ3n) is 4.91. The molecule has 2 rings (SSSR count). The molecule has 4 nitrogen and oxygen atoms in total. The van der Waals surface area contributed by atoms with Gasteiger partial charge in [-0.1, -0.05) is 57.2 Å². The van der Waals surface area contributed by atoms with Crippen LogP contribution in [0.15, 0.2) is 59.5 Å². The number of carbonyl (C=O) groups is 1. The summed E-state index contributed by atoms with van der Waals surface area (Å²) in [5, 5.41) is 0. The lowest BCUT2D eigenvalue weighted by atomic mass is 9.87. The number of hydrogen-bond donors (Lipinski definition) is 0. The summed E-state index contributed by atoms with van der Waals surface area (Å²) in [5.74, 6) is -0.111. The first kappa shape index (κ1) is 21.9. The highest BCUT2D eigenvalue weighted by atomic mass is 32.2. The van der Waals surface area contributed by atoms with E-state index in [1.54, 1.807) is 42.3 Å². The smallest absolute Gasteiger partial charge is 0.246 e. The van der Waals surface area contributed by atoms with Crippen LogP contribution in [-0.2, 0) is 20.0 Å². The Morgan fingerprint density at radius 3 is 2.00 bits per heavy atom. The molecule has 0 radical (unpaired) electrons. The van der Waals surface area contributed by atoms with Gasteiger partial charge in [0, 0.05) is 19.4 Å². The quantitative estimate of drug-likeness (QED) is 0.689. The maximum absolute atomic E-state index is 12.5. The molecule has 0 aliphatic carbocycles. The molecule has 0 saturated carbocycles. The fourth-order valence-corrected chi connectivity index (χ4v) is 3.42. The van der Waals surface area contributed by atoms with Crippen LogP contribution in [0.25, 0.3) is 6.08 Å². The van der Waals surface area contributed by atoms with E-state index < -0.39 is 9.84 Å². The zero-order valence-electron chi connectivity index (χ0n) is 17.4. The van der Waals surface area contributed by atoms with Gasteiger partial charge in [0.25, 0.3) is 0 Å². The third-order valence-corrected chi connectivity index (χ3v) is 6.04. The van der Waals surface area contributed by atoms with Crippen molar-refractivity contribution in [3.8, 4) is 0 Å². The van der Waals surface area contributed by atoms with Crippen molar-refractivity contribution in [2.24, 2.45) is 0 Å². The summed E-state index contributed by atoms with van der Waals surface area (Å²) in [7, 11) is -1.48. The first-order valence-electron chi connectivity index (χ1n) is 9.25. The van der Waals surface area contributed by atoms with Crippen molar-refractivity contribution in [3.63, 3.8) is 0 Å². The molecule has 0 aliphatic heterocycles. The van der Waals surface area contributed by atoms with Crippen LogP contribution in [0.1, 0.15) is 50.4 Å². The molecule has 0 fully saturated rings. The summed E-state index contributed by atoms with van der Waals surface area (Å²) < 4.78 is 23.2. The number of benzene rings is 2. The van der Waals surface area contributed by atoms with Gasteiger partial charge in [-0.15, -0.1) is 0 Å². The van der Waals surface area contributed by atoms with Crippen LogP contribution in [0, 0.1) is 0 Å². The molecule has 0 heterocycles. The molecular weight excluding hydrogens is 370 g/mol. The maximum Gasteiger partial charge on any atom is 0.246 e. The van der Waals surface area contributed by atoms with Crippen molar-refractivity contribution in [1.82, 2.24) is 4.90 Å². The van der Waals surface area contributed by atoms with Gasteiger partial charge in [-0.05, 0) is 47.2 Å². The Morgan fingerprint density at radius 2 is 1.54 bits per heavy atom. The maximum atomic E-state index is 12.5. The van der Waals surface area contributed by atoms with Crippen LogP contribution < -0.4 is 0 Å². The highest BCUT2D eigenvalue weighted by Gasteiger charge is 2.17. The van der Waals surface area contributed by atoms with Crippen LogP contribution in [0.2, 0.25) is 0 Å². The highest BCUT2D eigenvalue weighted by molar-refractivity contribution is 7.90. The number of rotatable bonds is 5. The standard InChI is InChI=1S/C23H29NO3S/c1-17(19-10-14-21(15-11-19)28(6,26)27)24(5)22(25)16-9-18-7-12-20(13-8-18)23(2,3)4/h7-17H,1-6H3. The van der Waals surface area contributed by atoms with Gasteiger partial charge in [-0.3, -0.25) is 4.79 Å². The van der Waals surface area contributed by atoms with Gasteiger partial charge in [0.05, 0.1) is 10.9 Å². The lowest BCUT2D eigenvalue weighted by Crippen LogP contribution is -2.28. The van der Waals surface area contributed by atoms with Gasteiger partial charge >= 0.3 is 0 Å². The number of sulfone groups is 1. The van der Waals surface area contributed by atoms with Gasteiger partial charge < -0.3 is 4.90 Å². The van der Waals surface area contributed by atoms with E-state index in [0.29, 0.717) is 0 Å². The Labute approximate surface area is 168 Å². The van der Waals surface area contributed by atoms with Gasteiger partial charge in [-0.25, -0.2) is 8.42 Å². The molecule has 1 atom stereocenters. The zero-order valence-corrected chi connectivity index (χ0v) is 18.2. The Kier molecular flexibility index (Phi) is 6.50. The van der Waals surface area contributed by atoms with E-state index in [-0.39, 0.29) is 22.3 Å². The van der Waals surface area contributed by atoms with E-state index in [2.05, 4.69) is 32.9 Å². The Hall–Kier alpha value is -2.40. The van der Waals surface area contributed by atoms with E-state index in [1.807, 2.05) is 25.1 Å². The monoisotopic (exact) mass is 399 g/mol. The van der Waals surface area contributed by atoms with Crippen molar-refractivity contribution in [2.45, 2.75) is 44.0 Å². The average molecular weight is 400 g/mol. The summed E-state index contributed by atoms with van der Waals surface area (Å²) in [6.45, 7) is 8.42. The summed E-state index contributed by atoms with van der Waals surface area (Å²) in [6.07, 6.45) is 4.55. The molecule has 1 unspecified atom stereocenters. The van der Waals surface area contributed by atoms with E-state index in [1.165, 1.54) is 11.8 Å². The molecule has 2 aromatic carbocycles. The van der Waals surface area contributed by atoms with Gasteiger partial charge in [0.2, 0.25) is 5.91 Å². The van der Waals surface area contributed by atoms with E-state index in [0.717, 1.165) is 11.1 Å². The highest BCUT2D eigenvalue weighted by Crippen LogP contribution is 2.23. The van der Waals surface area contributed by atoms with Gasteiger partial charge in [-0.2, -0.15) is 0 Å². The molecule has 1 amide bonds. The SMILES string of the molecule is CC(c1ccc(S(C)(=O)=O)cc1)N(C)C(=O)C=Cc1ccc(C(C)(C)C)cc1. The minimum Gasteiger partial charge on any atom is -0.335 e. The summed E-state index contributed by atoms with van der Waals surface area (Å²) in [4.78, 5) is 14.4. The fourth-order valence-electron chi connectivity index (χ4n) is 2.79. The molecule has 0 saturated heterocycles. The van der Waals surface area contributed by atoms with Crippen molar-refractivity contribution in [3.05, 3.63) is 71.3 Å². The van der Waals surface area contributed by atoms with Crippen molar-refractivity contribution in [1.29, 1.82) is 0 Å². The van der Waals surface area contributed by atoms with Crippen LogP contribution >= 0.6 is 0 Å². The zero-order chi connectivity index (χ0) is 21.1. The molecule has 28 heavy (non-hydrogen) atoms. The number of hydrogen-bond acceptors (Lipinski definition) is 3. The van der Waals surface area contributed by atoms with Crippen LogP contribution in [0.4, 0.5) is 0 Å². The van der Waals surface area contributed by atoms with Gasteiger partial charge in [0.1, 0.15) is 0 Å². The van der Waals surface area contributed by atoms with E-state index in [9.17, 15) is 13.2 Å². The normalized spacial score (nSPS) is 13.5. The lowest BCUT2D eigenvalue weighted by Gasteiger charge is -2.24. The molecule has 0 N–H and O–H groups in total. The largest absolute Gasteiger partial charge is 0.335 e. The fraction of sp³-hybridized carbons (Fsp3) is 0.348. The van der Waals surface area contributed by atoms with Crippen molar-refractivity contribution >= 4 is 21.8 Å². The Morgan fingerprint density at radius 1 is 1.00 bits per heavy atom. The average Bonchev–Trinajstić information content (AvgIpc) is 2.64. The molecule has 2 aromatic rings. The first-order chi connectivity index (χ1) is 12.9. The predicted molar refractivity (Wildman–Crippen MR) is 115 cm³/mol. The summed E-state index contributed by atoms with van der Waals surface area (Å²) in [5.41, 5.74) is 3.20. The first-order valence-corrected chi connectivity index (χ1v) is 11.1. The molecule has 150 valence electrons. The Balaban J connectivity index is 2.08. The topological polar surface area (TPSA) is 54.5 Å².